The first kappa shape index (κ1) is 34.4. The average Bonchev–Trinajstić information content (AvgIpc) is 3.61. The Labute approximate surface area is 303 Å². The highest BCUT2D eigenvalue weighted by atomic mass is 35.5. The predicted octanol–water partition coefficient (Wildman–Crippen LogP) is 9.65. The molecular formula is C40H31ClN4O3S2. The number of hydrogen-bond donors (Lipinski definition) is 3. The first-order valence-corrected chi connectivity index (χ1v) is 17.7. The molecule has 0 bridgehead atoms. The van der Waals surface area contributed by atoms with Crippen LogP contribution in [-0.2, 0) is 9.59 Å². The molecule has 0 aliphatic heterocycles. The second kappa shape index (κ2) is 16.3. The van der Waals surface area contributed by atoms with Gasteiger partial charge in [-0.2, -0.15) is 0 Å². The number of anilines is 2. The number of hydrogen-bond acceptors (Lipinski definition) is 6. The molecule has 50 heavy (non-hydrogen) atoms. The standard InChI is InChI=1S/C40H31ClN4O3S2/c1-26-12-16-28(17-13-26)35-25-49-40(44-35)45-39(48)36(29-8-4-2-5-9-29)50-33-22-20-32(21-23-33)42-38(47)34(24-27-14-18-31(41)19-15-27)43-37(46)30-10-6-3-7-11-30/h2-25,36H,1H3,(H,42,47)(H,43,46)(H,44,45,48)/b34-24-. The molecule has 3 amide bonds. The van der Waals surface area contributed by atoms with Gasteiger partial charge in [0, 0.05) is 32.1 Å². The molecule has 0 aliphatic rings. The van der Waals surface area contributed by atoms with Crippen molar-refractivity contribution in [3.05, 3.63) is 172 Å². The van der Waals surface area contributed by atoms with E-state index in [1.807, 2.05) is 85.1 Å². The lowest BCUT2D eigenvalue weighted by molar-refractivity contribution is -0.116. The Morgan fingerprint density at radius 1 is 0.780 bits per heavy atom. The van der Waals surface area contributed by atoms with E-state index in [0.717, 1.165) is 21.7 Å². The number of aromatic nitrogens is 1. The van der Waals surface area contributed by atoms with Crippen LogP contribution in [0.3, 0.4) is 0 Å². The molecule has 6 rings (SSSR count). The first-order valence-electron chi connectivity index (χ1n) is 15.6. The minimum atomic E-state index is -0.564. The SMILES string of the molecule is Cc1ccc(-c2csc(NC(=O)C(Sc3ccc(NC(=O)/C(=C/c4ccc(Cl)cc4)NC(=O)c4ccccc4)cc3)c3ccccc3)n2)cc1. The average molecular weight is 715 g/mol. The summed E-state index contributed by atoms with van der Waals surface area (Å²) in [6, 6.07) is 40.5. The predicted molar refractivity (Wildman–Crippen MR) is 204 cm³/mol. The van der Waals surface area contributed by atoms with Gasteiger partial charge in [0.1, 0.15) is 10.9 Å². The summed E-state index contributed by atoms with van der Waals surface area (Å²) in [5.41, 5.74) is 5.48. The molecule has 6 aromatic rings. The van der Waals surface area contributed by atoms with Gasteiger partial charge in [-0.3, -0.25) is 14.4 Å². The van der Waals surface area contributed by atoms with Gasteiger partial charge in [0.05, 0.1) is 5.69 Å². The molecular weight excluding hydrogens is 684 g/mol. The summed E-state index contributed by atoms with van der Waals surface area (Å²) in [4.78, 5) is 45.6. The minimum absolute atomic E-state index is 0.0631. The van der Waals surface area contributed by atoms with E-state index < -0.39 is 17.1 Å². The van der Waals surface area contributed by atoms with Crippen LogP contribution in [0, 0.1) is 6.92 Å². The molecule has 248 valence electrons. The molecule has 0 saturated carbocycles. The van der Waals surface area contributed by atoms with Crippen molar-refractivity contribution in [2.75, 3.05) is 10.6 Å². The molecule has 1 aromatic heterocycles. The number of benzene rings is 5. The lowest BCUT2D eigenvalue weighted by atomic mass is 10.1. The van der Waals surface area contributed by atoms with E-state index in [1.54, 1.807) is 66.7 Å². The van der Waals surface area contributed by atoms with Gasteiger partial charge < -0.3 is 16.0 Å². The first-order chi connectivity index (χ1) is 24.3. The van der Waals surface area contributed by atoms with E-state index in [2.05, 4.69) is 20.9 Å². The Morgan fingerprint density at radius 2 is 1.44 bits per heavy atom. The van der Waals surface area contributed by atoms with Gasteiger partial charge in [-0.25, -0.2) is 4.98 Å². The third-order valence-electron chi connectivity index (χ3n) is 7.50. The summed E-state index contributed by atoms with van der Waals surface area (Å²) in [7, 11) is 0. The topological polar surface area (TPSA) is 100 Å². The van der Waals surface area contributed by atoms with Gasteiger partial charge >= 0.3 is 0 Å². The van der Waals surface area contributed by atoms with Crippen molar-refractivity contribution >= 4 is 69.3 Å². The maximum atomic E-state index is 13.7. The summed E-state index contributed by atoms with van der Waals surface area (Å²) >= 11 is 8.81. The Morgan fingerprint density at radius 3 is 2.12 bits per heavy atom. The van der Waals surface area contributed by atoms with Gasteiger partial charge in [0.15, 0.2) is 5.13 Å². The van der Waals surface area contributed by atoms with Gasteiger partial charge in [-0.15, -0.1) is 23.1 Å². The van der Waals surface area contributed by atoms with Crippen LogP contribution < -0.4 is 16.0 Å². The number of halogens is 1. The Kier molecular flexibility index (Phi) is 11.2. The van der Waals surface area contributed by atoms with Crippen molar-refractivity contribution in [1.82, 2.24) is 10.3 Å². The van der Waals surface area contributed by atoms with Gasteiger partial charge in [-0.1, -0.05) is 102 Å². The van der Waals surface area contributed by atoms with E-state index in [9.17, 15) is 14.4 Å². The third-order valence-corrected chi connectivity index (χ3v) is 9.77. The molecule has 1 unspecified atom stereocenters. The highest BCUT2D eigenvalue weighted by Gasteiger charge is 2.23. The Balaban J connectivity index is 1.16. The van der Waals surface area contributed by atoms with E-state index in [4.69, 9.17) is 11.6 Å². The molecule has 0 aliphatic carbocycles. The fourth-order valence-electron chi connectivity index (χ4n) is 4.88. The maximum absolute atomic E-state index is 13.7. The van der Waals surface area contributed by atoms with Crippen LogP contribution >= 0.6 is 34.7 Å². The second-order valence-electron chi connectivity index (χ2n) is 11.2. The number of carbonyl (C=O) groups excluding carboxylic acids is 3. The zero-order chi connectivity index (χ0) is 34.9. The number of nitrogens with zero attached hydrogens (tertiary/aromatic N) is 1. The quantitative estimate of drug-likeness (QED) is 0.0917. The zero-order valence-electron chi connectivity index (χ0n) is 26.8. The van der Waals surface area contributed by atoms with E-state index in [1.165, 1.54) is 28.7 Å². The zero-order valence-corrected chi connectivity index (χ0v) is 29.2. The number of carbonyl (C=O) groups is 3. The fraction of sp³-hybridized carbons (Fsp3) is 0.0500. The summed E-state index contributed by atoms with van der Waals surface area (Å²) < 4.78 is 0. The van der Waals surface area contributed by atoms with E-state index in [0.29, 0.717) is 27.0 Å². The molecule has 3 N–H and O–H groups in total. The van der Waals surface area contributed by atoms with Crippen molar-refractivity contribution in [2.45, 2.75) is 17.1 Å². The highest BCUT2D eigenvalue weighted by molar-refractivity contribution is 8.00. The number of nitrogens with one attached hydrogen (secondary N) is 3. The smallest absolute Gasteiger partial charge is 0.272 e. The van der Waals surface area contributed by atoms with Crippen molar-refractivity contribution in [1.29, 1.82) is 0 Å². The number of thioether (sulfide) groups is 1. The normalized spacial score (nSPS) is 11.8. The highest BCUT2D eigenvalue weighted by Crippen LogP contribution is 2.37. The third kappa shape index (κ3) is 9.15. The summed E-state index contributed by atoms with van der Waals surface area (Å²) in [6.45, 7) is 2.04. The Hall–Kier alpha value is -5.48. The fourth-order valence-corrected chi connectivity index (χ4v) is 6.75. The molecule has 10 heteroatoms. The van der Waals surface area contributed by atoms with Crippen LogP contribution in [0.5, 0.6) is 0 Å². The monoisotopic (exact) mass is 714 g/mol. The summed E-state index contributed by atoms with van der Waals surface area (Å²) in [6.07, 6.45) is 1.59. The largest absolute Gasteiger partial charge is 0.321 e. The lowest BCUT2D eigenvalue weighted by Gasteiger charge is -2.17. The van der Waals surface area contributed by atoms with Crippen LogP contribution in [-0.4, -0.2) is 22.7 Å². The van der Waals surface area contributed by atoms with Crippen molar-refractivity contribution in [3.8, 4) is 11.3 Å². The Bertz CT molecular complexity index is 2120. The van der Waals surface area contributed by atoms with Crippen LogP contribution in [0.4, 0.5) is 10.8 Å². The second-order valence-corrected chi connectivity index (χ2v) is 13.7. The molecule has 1 heterocycles. The number of thiazole rings is 1. The van der Waals surface area contributed by atoms with Crippen LogP contribution in [0.1, 0.15) is 32.3 Å². The molecule has 0 fully saturated rings. The van der Waals surface area contributed by atoms with Crippen LogP contribution in [0.2, 0.25) is 5.02 Å². The van der Waals surface area contributed by atoms with Crippen molar-refractivity contribution < 1.29 is 14.4 Å². The van der Waals surface area contributed by atoms with Crippen molar-refractivity contribution in [3.63, 3.8) is 0 Å². The number of rotatable bonds is 11. The summed E-state index contributed by atoms with van der Waals surface area (Å²) in [5.74, 6) is -1.11. The number of aryl methyl sites for hydroxylation is 1. The van der Waals surface area contributed by atoms with E-state index >= 15 is 0 Å². The van der Waals surface area contributed by atoms with Gasteiger partial charge in [-0.05, 0) is 72.7 Å². The minimum Gasteiger partial charge on any atom is -0.321 e. The van der Waals surface area contributed by atoms with Gasteiger partial charge in [0.2, 0.25) is 5.91 Å². The summed E-state index contributed by atoms with van der Waals surface area (Å²) in [5, 5.41) is 11.1. The van der Waals surface area contributed by atoms with Gasteiger partial charge in [0.25, 0.3) is 11.8 Å². The molecule has 0 saturated heterocycles. The van der Waals surface area contributed by atoms with Crippen LogP contribution in [0.15, 0.2) is 149 Å². The van der Waals surface area contributed by atoms with E-state index in [-0.39, 0.29) is 11.6 Å². The molecule has 5 aromatic carbocycles. The maximum Gasteiger partial charge on any atom is 0.272 e. The molecule has 1 atom stereocenters. The molecule has 0 spiro atoms. The van der Waals surface area contributed by atoms with Crippen molar-refractivity contribution in [2.24, 2.45) is 0 Å². The number of amides is 3. The van der Waals surface area contributed by atoms with Crippen LogP contribution in [0.25, 0.3) is 17.3 Å². The molecule has 0 radical (unpaired) electrons. The molecule has 7 nitrogen and oxygen atoms in total. The lowest BCUT2D eigenvalue weighted by Crippen LogP contribution is -2.30.